The molecule has 20 heavy (non-hydrogen) atoms. The van der Waals surface area contributed by atoms with E-state index < -0.39 is 0 Å². The summed E-state index contributed by atoms with van der Waals surface area (Å²) in [7, 11) is 0. The van der Waals surface area contributed by atoms with Crippen LogP contribution in [0.15, 0.2) is 18.2 Å². The molecule has 116 valence electrons. The Hall–Kier alpha value is -0.440. The smallest absolute Gasteiger partial charge is 0.0349 e. The maximum absolute atomic E-state index is 6.07. The molecule has 0 saturated carbocycles. The Balaban J connectivity index is 0.00000180. The summed E-state index contributed by atoms with van der Waals surface area (Å²) in [5.41, 5.74) is 9.94. The van der Waals surface area contributed by atoms with Crippen molar-refractivity contribution < 1.29 is 0 Å². The molecule has 0 bridgehead atoms. The number of nitrogen functional groups attached to an aromatic ring is 1. The highest BCUT2D eigenvalue weighted by molar-refractivity contribution is 5.85. The molecule has 2 N–H and O–H groups in total. The van der Waals surface area contributed by atoms with Crippen molar-refractivity contribution in [1.82, 2.24) is 4.90 Å². The number of nitrogens with two attached hydrogens (primary N) is 1. The summed E-state index contributed by atoms with van der Waals surface area (Å²) in [4.78, 5) is 2.67. The van der Waals surface area contributed by atoms with E-state index in [9.17, 15) is 0 Å². The second kappa shape index (κ2) is 9.49. The van der Waals surface area contributed by atoms with Gasteiger partial charge in [-0.1, -0.05) is 26.0 Å². The molecule has 2 rings (SSSR count). The van der Waals surface area contributed by atoms with E-state index in [-0.39, 0.29) is 24.8 Å². The Bertz CT molecular complexity index is 390. The van der Waals surface area contributed by atoms with Crippen molar-refractivity contribution in [3.8, 4) is 0 Å². The van der Waals surface area contributed by atoms with E-state index in [0.717, 1.165) is 18.2 Å². The molecule has 0 aromatic heterocycles. The topological polar surface area (TPSA) is 29.3 Å². The maximum Gasteiger partial charge on any atom is 0.0349 e. The second-order valence-corrected chi connectivity index (χ2v) is 5.42. The fraction of sp³-hybridized carbons (Fsp3) is 0.625. The molecule has 0 spiro atoms. The molecular weight excluding hydrogens is 291 g/mol. The Labute approximate surface area is 135 Å². The monoisotopic (exact) mass is 318 g/mol. The van der Waals surface area contributed by atoms with E-state index in [4.69, 9.17) is 5.73 Å². The average Bonchev–Trinajstić information content (AvgIpc) is 2.38. The Morgan fingerprint density at radius 3 is 2.40 bits per heavy atom. The quantitative estimate of drug-likeness (QED) is 0.828. The molecule has 0 saturated heterocycles. The van der Waals surface area contributed by atoms with Crippen LogP contribution >= 0.6 is 24.8 Å². The van der Waals surface area contributed by atoms with Gasteiger partial charge in [-0.05, 0) is 62.4 Å². The average molecular weight is 319 g/mol. The number of anilines is 1. The number of fused-ring (bicyclic) bond motifs is 1. The molecule has 1 atom stereocenters. The van der Waals surface area contributed by atoms with Crippen LogP contribution in [0.3, 0.4) is 0 Å². The summed E-state index contributed by atoms with van der Waals surface area (Å²) in [5.74, 6) is 0. The van der Waals surface area contributed by atoms with Gasteiger partial charge < -0.3 is 10.6 Å². The largest absolute Gasteiger partial charge is 0.398 e. The van der Waals surface area contributed by atoms with E-state index in [0.29, 0.717) is 0 Å². The number of nitrogens with zero attached hydrogens (tertiary/aromatic N) is 1. The first kappa shape index (κ1) is 19.6. The summed E-state index contributed by atoms with van der Waals surface area (Å²) < 4.78 is 0. The zero-order valence-corrected chi connectivity index (χ0v) is 14.2. The third-order valence-corrected chi connectivity index (χ3v) is 4.03. The van der Waals surface area contributed by atoms with E-state index in [1.807, 2.05) is 6.07 Å². The number of hydrogen-bond acceptors (Lipinski definition) is 2. The second-order valence-electron chi connectivity index (χ2n) is 5.42. The number of rotatable bonds is 5. The highest BCUT2D eigenvalue weighted by Crippen LogP contribution is 2.28. The first-order valence-electron chi connectivity index (χ1n) is 7.36. The molecule has 0 fully saturated rings. The fourth-order valence-electron chi connectivity index (χ4n) is 3.18. The molecule has 0 amide bonds. The standard InChI is InChI=1S/C16H26N2.2ClH/c1-3-10-18(11-4-2)14-8-9-15-13(12-14)6-5-7-16(15)17;;/h5-7,14H,3-4,8-12,17H2,1-2H3;2*1H/t14-;;/m0../s1. The van der Waals surface area contributed by atoms with Crippen LogP contribution in [0.2, 0.25) is 0 Å². The van der Waals surface area contributed by atoms with Crippen LogP contribution in [0.4, 0.5) is 5.69 Å². The lowest BCUT2D eigenvalue weighted by Gasteiger charge is -2.35. The SMILES string of the molecule is CCCN(CCC)[C@H]1CCc2c(N)cccc2C1.Cl.Cl. The van der Waals surface area contributed by atoms with Crippen molar-refractivity contribution in [2.24, 2.45) is 0 Å². The normalized spacial score (nSPS) is 17.1. The number of hydrogen-bond donors (Lipinski definition) is 1. The minimum atomic E-state index is 0. The van der Waals surface area contributed by atoms with Crippen LogP contribution in [0.25, 0.3) is 0 Å². The molecule has 1 aliphatic rings. The van der Waals surface area contributed by atoms with Crippen molar-refractivity contribution in [2.45, 2.75) is 52.0 Å². The van der Waals surface area contributed by atoms with Crippen molar-refractivity contribution in [1.29, 1.82) is 0 Å². The summed E-state index contributed by atoms with van der Waals surface area (Å²) in [5, 5.41) is 0. The number of halogens is 2. The Morgan fingerprint density at radius 2 is 1.80 bits per heavy atom. The summed E-state index contributed by atoms with van der Waals surface area (Å²) >= 11 is 0. The van der Waals surface area contributed by atoms with Gasteiger partial charge in [0.15, 0.2) is 0 Å². The lowest BCUT2D eigenvalue weighted by Crippen LogP contribution is -2.40. The van der Waals surface area contributed by atoms with Gasteiger partial charge in [0.1, 0.15) is 0 Å². The van der Waals surface area contributed by atoms with Gasteiger partial charge in [0.05, 0.1) is 0 Å². The van der Waals surface area contributed by atoms with Crippen LogP contribution in [0, 0.1) is 0 Å². The fourth-order valence-corrected chi connectivity index (χ4v) is 3.18. The maximum atomic E-state index is 6.07. The molecule has 1 aliphatic carbocycles. The van der Waals surface area contributed by atoms with Gasteiger partial charge in [-0.2, -0.15) is 0 Å². The predicted molar refractivity (Wildman–Crippen MR) is 93.3 cm³/mol. The van der Waals surface area contributed by atoms with Crippen LogP contribution in [-0.2, 0) is 12.8 Å². The van der Waals surface area contributed by atoms with E-state index >= 15 is 0 Å². The third kappa shape index (κ3) is 4.54. The molecule has 0 radical (unpaired) electrons. The van der Waals surface area contributed by atoms with Crippen LogP contribution in [0.5, 0.6) is 0 Å². The summed E-state index contributed by atoms with van der Waals surface area (Å²) in [6, 6.07) is 7.11. The molecule has 1 aromatic carbocycles. The highest BCUT2D eigenvalue weighted by atomic mass is 35.5. The van der Waals surface area contributed by atoms with Gasteiger partial charge in [-0.15, -0.1) is 24.8 Å². The molecule has 1 aromatic rings. The summed E-state index contributed by atoms with van der Waals surface area (Å²) in [6.45, 7) is 7.02. The Kier molecular flexibility index (Phi) is 9.28. The molecular formula is C16H28Cl2N2. The zero-order chi connectivity index (χ0) is 13.0. The predicted octanol–water partition coefficient (Wildman–Crippen LogP) is 4.09. The molecule has 0 heterocycles. The van der Waals surface area contributed by atoms with Gasteiger partial charge >= 0.3 is 0 Å². The van der Waals surface area contributed by atoms with E-state index in [1.54, 1.807) is 0 Å². The third-order valence-electron chi connectivity index (χ3n) is 4.03. The van der Waals surface area contributed by atoms with E-state index in [2.05, 4.69) is 30.9 Å². The Morgan fingerprint density at radius 1 is 1.15 bits per heavy atom. The molecule has 0 unspecified atom stereocenters. The van der Waals surface area contributed by atoms with Crippen molar-refractivity contribution in [2.75, 3.05) is 18.8 Å². The van der Waals surface area contributed by atoms with Crippen molar-refractivity contribution >= 4 is 30.5 Å². The number of benzene rings is 1. The van der Waals surface area contributed by atoms with Crippen LogP contribution < -0.4 is 5.73 Å². The van der Waals surface area contributed by atoms with Gasteiger partial charge in [-0.25, -0.2) is 0 Å². The first-order valence-corrected chi connectivity index (χ1v) is 7.36. The van der Waals surface area contributed by atoms with Gasteiger partial charge in [-0.3, -0.25) is 0 Å². The van der Waals surface area contributed by atoms with Gasteiger partial charge in [0.2, 0.25) is 0 Å². The minimum absolute atomic E-state index is 0. The first-order chi connectivity index (χ1) is 8.76. The van der Waals surface area contributed by atoms with Gasteiger partial charge in [0, 0.05) is 11.7 Å². The highest BCUT2D eigenvalue weighted by Gasteiger charge is 2.24. The van der Waals surface area contributed by atoms with Crippen molar-refractivity contribution in [3.05, 3.63) is 29.3 Å². The van der Waals surface area contributed by atoms with Gasteiger partial charge in [0.25, 0.3) is 0 Å². The van der Waals surface area contributed by atoms with E-state index in [1.165, 1.54) is 49.9 Å². The van der Waals surface area contributed by atoms with Crippen molar-refractivity contribution in [3.63, 3.8) is 0 Å². The molecule has 0 aliphatic heterocycles. The lowest BCUT2D eigenvalue weighted by molar-refractivity contribution is 0.180. The molecule has 2 nitrogen and oxygen atoms in total. The lowest BCUT2D eigenvalue weighted by atomic mass is 9.86. The molecule has 4 heteroatoms. The van der Waals surface area contributed by atoms with Crippen LogP contribution in [0.1, 0.15) is 44.2 Å². The van der Waals surface area contributed by atoms with Crippen LogP contribution in [-0.4, -0.2) is 24.0 Å². The summed E-state index contributed by atoms with van der Waals surface area (Å²) in [6.07, 6.45) is 6.10. The zero-order valence-electron chi connectivity index (χ0n) is 12.6. The minimum Gasteiger partial charge on any atom is -0.398 e.